The van der Waals surface area contributed by atoms with Gasteiger partial charge in [0.25, 0.3) is 0 Å². The fourth-order valence-electron chi connectivity index (χ4n) is 2.15. The zero-order chi connectivity index (χ0) is 14.7. The summed E-state index contributed by atoms with van der Waals surface area (Å²) in [5.41, 5.74) is 9.61. The first-order chi connectivity index (χ1) is 10.3. The molecule has 1 aliphatic rings. The van der Waals surface area contributed by atoms with Crippen molar-refractivity contribution in [2.24, 2.45) is 15.9 Å². The third-order valence-electron chi connectivity index (χ3n) is 3.26. The molecule has 2 aromatic carbocycles. The van der Waals surface area contributed by atoms with Crippen LogP contribution in [0.15, 0.2) is 70.4 Å². The highest BCUT2D eigenvalue weighted by molar-refractivity contribution is 6.33. The van der Waals surface area contributed by atoms with Crippen LogP contribution in [-0.2, 0) is 0 Å². The van der Waals surface area contributed by atoms with E-state index in [1.54, 1.807) is 7.11 Å². The van der Waals surface area contributed by atoms with Crippen molar-refractivity contribution < 1.29 is 4.74 Å². The standard InChI is InChI=1S/C17H15N3O/c1-21-14-9-7-12(8-10-14)11-15-16(19-20-17(15)18)13-5-3-2-4-6-13/h2-11H,1H3,(H2,18,20)/b15-11+. The van der Waals surface area contributed by atoms with Crippen LogP contribution in [0.2, 0.25) is 0 Å². The van der Waals surface area contributed by atoms with Gasteiger partial charge in [-0.2, -0.15) is 0 Å². The molecule has 1 heterocycles. The first kappa shape index (κ1) is 13.1. The second kappa shape index (κ2) is 5.63. The maximum atomic E-state index is 5.95. The molecule has 0 radical (unpaired) electrons. The predicted molar refractivity (Wildman–Crippen MR) is 85.6 cm³/mol. The maximum Gasteiger partial charge on any atom is 0.155 e. The third kappa shape index (κ3) is 2.69. The van der Waals surface area contributed by atoms with E-state index < -0.39 is 0 Å². The number of rotatable bonds is 3. The van der Waals surface area contributed by atoms with Gasteiger partial charge in [-0.3, -0.25) is 0 Å². The van der Waals surface area contributed by atoms with Crippen LogP contribution in [0, 0.1) is 0 Å². The highest BCUT2D eigenvalue weighted by Gasteiger charge is 2.18. The van der Waals surface area contributed by atoms with Crippen molar-refractivity contribution in [2.45, 2.75) is 0 Å². The first-order valence-corrected chi connectivity index (χ1v) is 6.61. The summed E-state index contributed by atoms with van der Waals surface area (Å²) in [4.78, 5) is 0. The van der Waals surface area contributed by atoms with E-state index in [1.807, 2.05) is 60.7 Å². The van der Waals surface area contributed by atoms with Gasteiger partial charge in [0.15, 0.2) is 5.84 Å². The summed E-state index contributed by atoms with van der Waals surface area (Å²) in [6.45, 7) is 0. The van der Waals surface area contributed by atoms with Gasteiger partial charge < -0.3 is 10.5 Å². The van der Waals surface area contributed by atoms with Crippen molar-refractivity contribution >= 4 is 17.6 Å². The van der Waals surface area contributed by atoms with Crippen LogP contribution in [0.3, 0.4) is 0 Å². The Morgan fingerprint density at radius 1 is 0.952 bits per heavy atom. The Hall–Kier alpha value is -2.88. The molecule has 0 saturated heterocycles. The highest BCUT2D eigenvalue weighted by Crippen LogP contribution is 2.20. The normalized spacial score (nSPS) is 15.8. The molecule has 0 spiro atoms. The van der Waals surface area contributed by atoms with E-state index in [0.29, 0.717) is 5.84 Å². The van der Waals surface area contributed by atoms with E-state index in [1.165, 1.54) is 0 Å². The van der Waals surface area contributed by atoms with Gasteiger partial charge in [0.1, 0.15) is 11.5 Å². The summed E-state index contributed by atoms with van der Waals surface area (Å²) in [6, 6.07) is 17.7. The smallest absolute Gasteiger partial charge is 0.155 e. The molecule has 1 aliphatic heterocycles. The summed E-state index contributed by atoms with van der Waals surface area (Å²) >= 11 is 0. The molecular weight excluding hydrogens is 262 g/mol. The summed E-state index contributed by atoms with van der Waals surface area (Å²) < 4.78 is 5.16. The lowest BCUT2D eigenvalue weighted by atomic mass is 10.00. The second-order valence-electron chi connectivity index (χ2n) is 4.63. The molecule has 4 heteroatoms. The number of ether oxygens (including phenoxy) is 1. The van der Waals surface area contributed by atoms with Crippen LogP contribution in [0.5, 0.6) is 5.75 Å². The Labute approximate surface area is 123 Å². The average molecular weight is 277 g/mol. The zero-order valence-electron chi connectivity index (χ0n) is 11.7. The molecule has 0 amide bonds. The molecule has 21 heavy (non-hydrogen) atoms. The van der Waals surface area contributed by atoms with Crippen molar-refractivity contribution in [3.8, 4) is 5.75 Å². The fraction of sp³-hybridized carbons (Fsp3) is 0.0588. The van der Waals surface area contributed by atoms with Crippen LogP contribution in [0.1, 0.15) is 11.1 Å². The molecule has 3 rings (SSSR count). The number of methoxy groups -OCH3 is 1. The molecule has 2 aromatic rings. The molecule has 0 fully saturated rings. The van der Waals surface area contributed by atoms with E-state index >= 15 is 0 Å². The Bertz CT molecular complexity index is 728. The molecule has 0 unspecified atom stereocenters. The van der Waals surface area contributed by atoms with Crippen molar-refractivity contribution in [3.05, 3.63) is 71.3 Å². The molecule has 2 N–H and O–H groups in total. The van der Waals surface area contributed by atoms with E-state index in [-0.39, 0.29) is 0 Å². The highest BCUT2D eigenvalue weighted by atomic mass is 16.5. The first-order valence-electron chi connectivity index (χ1n) is 6.61. The number of amidine groups is 1. The fourth-order valence-corrected chi connectivity index (χ4v) is 2.15. The Morgan fingerprint density at radius 2 is 1.67 bits per heavy atom. The topological polar surface area (TPSA) is 60.0 Å². The van der Waals surface area contributed by atoms with Crippen LogP contribution in [0.25, 0.3) is 6.08 Å². The number of nitrogens with two attached hydrogens (primary N) is 1. The SMILES string of the molecule is COc1ccc(/C=C2/C(N)=NN=C2c2ccccc2)cc1. The number of hydrogen-bond acceptors (Lipinski definition) is 4. The number of hydrogen-bond donors (Lipinski definition) is 1. The lowest BCUT2D eigenvalue weighted by Crippen LogP contribution is -2.17. The molecule has 4 nitrogen and oxygen atoms in total. The Balaban J connectivity index is 1.96. The molecule has 0 bridgehead atoms. The predicted octanol–water partition coefficient (Wildman–Crippen LogP) is 2.85. The van der Waals surface area contributed by atoms with Gasteiger partial charge in [-0.15, -0.1) is 10.2 Å². The van der Waals surface area contributed by atoms with Gasteiger partial charge in [0.05, 0.1) is 7.11 Å². The molecule has 0 aliphatic carbocycles. The summed E-state index contributed by atoms with van der Waals surface area (Å²) in [7, 11) is 1.65. The number of benzene rings is 2. The van der Waals surface area contributed by atoms with Crippen molar-refractivity contribution in [1.29, 1.82) is 0 Å². The summed E-state index contributed by atoms with van der Waals surface area (Å²) in [5, 5.41) is 8.18. The summed E-state index contributed by atoms with van der Waals surface area (Å²) in [6.07, 6.45) is 1.98. The van der Waals surface area contributed by atoms with E-state index in [2.05, 4.69) is 10.2 Å². The average Bonchev–Trinajstić information content (AvgIpc) is 2.90. The number of nitrogens with zero attached hydrogens (tertiary/aromatic N) is 2. The monoisotopic (exact) mass is 277 g/mol. The zero-order valence-corrected chi connectivity index (χ0v) is 11.7. The van der Waals surface area contributed by atoms with Gasteiger partial charge in [0.2, 0.25) is 0 Å². The lowest BCUT2D eigenvalue weighted by Gasteiger charge is -2.05. The van der Waals surface area contributed by atoms with Crippen molar-refractivity contribution in [3.63, 3.8) is 0 Å². The molecular formula is C17H15N3O. The van der Waals surface area contributed by atoms with Crippen molar-refractivity contribution in [1.82, 2.24) is 0 Å². The van der Waals surface area contributed by atoms with Crippen LogP contribution < -0.4 is 10.5 Å². The Kier molecular flexibility index (Phi) is 3.51. The molecule has 0 aromatic heterocycles. The van der Waals surface area contributed by atoms with Gasteiger partial charge in [-0.25, -0.2) is 0 Å². The minimum absolute atomic E-state index is 0.435. The molecule has 104 valence electrons. The van der Waals surface area contributed by atoms with Crippen LogP contribution in [-0.4, -0.2) is 18.7 Å². The minimum Gasteiger partial charge on any atom is -0.497 e. The third-order valence-corrected chi connectivity index (χ3v) is 3.26. The second-order valence-corrected chi connectivity index (χ2v) is 4.63. The summed E-state index contributed by atoms with van der Waals surface area (Å²) in [5.74, 6) is 1.26. The van der Waals surface area contributed by atoms with E-state index in [9.17, 15) is 0 Å². The molecule has 0 atom stereocenters. The maximum absolute atomic E-state index is 5.95. The van der Waals surface area contributed by atoms with Gasteiger partial charge in [-0.05, 0) is 23.8 Å². The van der Waals surface area contributed by atoms with Gasteiger partial charge in [-0.1, -0.05) is 42.5 Å². The van der Waals surface area contributed by atoms with Crippen LogP contribution >= 0.6 is 0 Å². The minimum atomic E-state index is 0.435. The molecule has 0 saturated carbocycles. The van der Waals surface area contributed by atoms with Crippen LogP contribution in [0.4, 0.5) is 0 Å². The van der Waals surface area contributed by atoms with E-state index in [0.717, 1.165) is 28.2 Å². The Morgan fingerprint density at radius 3 is 2.33 bits per heavy atom. The lowest BCUT2D eigenvalue weighted by molar-refractivity contribution is 0.415. The van der Waals surface area contributed by atoms with Gasteiger partial charge in [0, 0.05) is 11.1 Å². The van der Waals surface area contributed by atoms with Crippen molar-refractivity contribution in [2.75, 3.05) is 7.11 Å². The quantitative estimate of drug-likeness (QED) is 0.937. The van der Waals surface area contributed by atoms with Gasteiger partial charge >= 0.3 is 0 Å². The van der Waals surface area contributed by atoms with E-state index in [4.69, 9.17) is 10.5 Å². The largest absolute Gasteiger partial charge is 0.497 e.